The molecular formula is C30H40N4O7. The number of hydrogen-bond donors (Lipinski definition) is 1. The maximum absolute atomic E-state index is 12.7. The first-order valence-corrected chi connectivity index (χ1v) is 13.8. The Bertz CT molecular complexity index is 1090. The Kier molecular flexibility index (Phi) is 13.9. The molecule has 0 amide bonds. The summed E-state index contributed by atoms with van der Waals surface area (Å²) in [5.74, 6) is -1.67. The number of carboxylic acids is 1. The van der Waals surface area contributed by atoms with E-state index in [-0.39, 0.29) is 51.3 Å². The van der Waals surface area contributed by atoms with E-state index in [1.165, 1.54) is 0 Å². The van der Waals surface area contributed by atoms with Gasteiger partial charge in [0.25, 0.3) is 0 Å². The van der Waals surface area contributed by atoms with Crippen LogP contribution in [0, 0.1) is 0 Å². The number of esters is 2. The van der Waals surface area contributed by atoms with Crippen LogP contribution in [-0.4, -0.2) is 127 Å². The van der Waals surface area contributed by atoms with Crippen LogP contribution in [0.25, 0.3) is 0 Å². The molecule has 2 aromatic rings. The largest absolute Gasteiger partial charge is 0.480 e. The number of carboxylic acid groups (broad SMARTS) is 1. The summed E-state index contributed by atoms with van der Waals surface area (Å²) in [5.41, 5.74) is 1.79. The van der Waals surface area contributed by atoms with Crippen LogP contribution >= 0.6 is 0 Å². The summed E-state index contributed by atoms with van der Waals surface area (Å²) in [4.78, 5) is 55.8. The van der Waals surface area contributed by atoms with Gasteiger partial charge in [-0.1, -0.05) is 60.7 Å². The molecule has 222 valence electrons. The van der Waals surface area contributed by atoms with Gasteiger partial charge in [0.1, 0.15) is 19.5 Å². The minimum atomic E-state index is -0.937. The van der Waals surface area contributed by atoms with Crippen LogP contribution in [0.3, 0.4) is 0 Å². The van der Waals surface area contributed by atoms with Crippen molar-refractivity contribution < 1.29 is 33.8 Å². The third-order valence-electron chi connectivity index (χ3n) is 6.81. The Morgan fingerprint density at radius 2 is 0.976 bits per heavy atom. The van der Waals surface area contributed by atoms with Crippen molar-refractivity contribution in [1.29, 1.82) is 0 Å². The summed E-state index contributed by atoms with van der Waals surface area (Å²) in [6.45, 7) is 4.30. The van der Waals surface area contributed by atoms with Crippen LogP contribution in [0.1, 0.15) is 11.1 Å². The van der Waals surface area contributed by atoms with Gasteiger partial charge in [0.15, 0.2) is 0 Å². The highest BCUT2D eigenvalue weighted by Gasteiger charge is 2.21. The summed E-state index contributed by atoms with van der Waals surface area (Å²) in [7, 11) is 0. The Morgan fingerprint density at radius 3 is 1.34 bits per heavy atom. The lowest BCUT2D eigenvalue weighted by molar-refractivity contribution is -0.148. The van der Waals surface area contributed by atoms with E-state index in [9.17, 15) is 24.3 Å². The summed E-state index contributed by atoms with van der Waals surface area (Å²) in [6.07, 6.45) is 0.828. The molecule has 11 nitrogen and oxygen atoms in total. The van der Waals surface area contributed by atoms with Crippen molar-refractivity contribution in [2.45, 2.75) is 13.2 Å². The lowest BCUT2D eigenvalue weighted by Gasteiger charge is -2.32. The van der Waals surface area contributed by atoms with Crippen LogP contribution in [0.4, 0.5) is 0 Å². The third-order valence-corrected chi connectivity index (χ3v) is 6.81. The van der Waals surface area contributed by atoms with Gasteiger partial charge < -0.3 is 19.4 Å². The van der Waals surface area contributed by atoms with E-state index in [4.69, 9.17) is 9.47 Å². The first-order chi connectivity index (χ1) is 19.9. The number of nitrogens with zero attached hydrogens (tertiary/aromatic N) is 4. The summed E-state index contributed by atoms with van der Waals surface area (Å²) < 4.78 is 11.0. The van der Waals surface area contributed by atoms with Crippen LogP contribution in [0.2, 0.25) is 0 Å². The smallest absolute Gasteiger partial charge is 0.320 e. The quantitative estimate of drug-likeness (QED) is 0.291. The van der Waals surface area contributed by atoms with Crippen molar-refractivity contribution in [2.75, 3.05) is 78.5 Å². The molecule has 1 aliphatic rings. The van der Waals surface area contributed by atoms with Gasteiger partial charge in [-0.2, -0.15) is 0 Å². The highest BCUT2D eigenvalue weighted by molar-refractivity contribution is 5.72. The molecule has 3 rings (SSSR count). The molecule has 1 saturated heterocycles. The molecule has 1 aliphatic heterocycles. The van der Waals surface area contributed by atoms with Crippen molar-refractivity contribution in [3.05, 3.63) is 71.8 Å². The molecule has 11 heteroatoms. The monoisotopic (exact) mass is 568 g/mol. The van der Waals surface area contributed by atoms with Crippen molar-refractivity contribution in [3.8, 4) is 0 Å². The number of carbonyl (C=O) groups is 4. The van der Waals surface area contributed by atoms with E-state index in [2.05, 4.69) is 0 Å². The fraction of sp³-hybridized carbons (Fsp3) is 0.467. The minimum Gasteiger partial charge on any atom is -0.480 e. The van der Waals surface area contributed by atoms with E-state index in [1.54, 1.807) is 0 Å². The predicted molar refractivity (Wildman–Crippen MR) is 152 cm³/mol. The zero-order valence-corrected chi connectivity index (χ0v) is 23.4. The van der Waals surface area contributed by atoms with Gasteiger partial charge in [-0.3, -0.25) is 34.0 Å². The molecule has 0 spiro atoms. The summed E-state index contributed by atoms with van der Waals surface area (Å²) >= 11 is 0. The Balaban J connectivity index is 1.64. The van der Waals surface area contributed by atoms with E-state index in [0.717, 1.165) is 17.4 Å². The van der Waals surface area contributed by atoms with Crippen molar-refractivity contribution >= 4 is 24.2 Å². The normalized spacial score (nSPS) is 16.7. The van der Waals surface area contributed by atoms with E-state index < -0.39 is 5.97 Å². The number of benzene rings is 2. The number of ether oxygens (including phenoxy) is 2. The van der Waals surface area contributed by atoms with Gasteiger partial charge in [-0.15, -0.1) is 0 Å². The second-order valence-corrected chi connectivity index (χ2v) is 9.98. The number of rotatable bonds is 12. The van der Waals surface area contributed by atoms with Gasteiger partial charge in [0.2, 0.25) is 0 Å². The van der Waals surface area contributed by atoms with Crippen molar-refractivity contribution in [1.82, 2.24) is 19.6 Å². The minimum absolute atomic E-state index is 0.0390. The SMILES string of the molecule is O=CCN1CCN(CC(=O)O)CCN(CC(=O)OCc2ccccc2)CCN(CC(=O)OCc2ccccc2)CC1. The number of hydrogen-bond acceptors (Lipinski definition) is 10. The van der Waals surface area contributed by atoms with E-state index in [1.807, 2.05) is 80.3 Å². The highest BCUT2D eigenvalue weighted by atomic mass is 16.5. The average Bonchev–Trinajstić information content (AvgIpc) is 2.97. The molecular weight excluding hydrogens is 528 g/mol. The predicted octanol–water partition coefficient (Wildman–Crippen LogP) is 0.978. The second-order valence-electron chi connectivity index (χ2n) is 9.98. The molecule has 0 bridgehead atoms. The van der Waals surface area contributed by atoms with Crippen LogP contribution in [0.5, 0.6) is 0 Å². The first kappa shape index (κ1) is 31.9. The van der Waals surface area contributed by atoms with Crippen LogP contribution < -0.4 is 0 Å². The van der Waals surface area contributed by atoms with E-state index >= 15 is 0 Å². The molecule has 41 heavy (non-hydrogen) atoms. The molecule has 0 aromatic heterocycles. The van der Waals surface area contributed by atoms with Gasteiger partial charge in [-0.05, 0) is 11.1 Å². The summed E-state index contributed by atoms with van der Waals surface area (Å²) in [5, 5.41) is 9.40. The van der Waals surface area contributed by atoms with Crippen molar-refractivity contribution in [3.63, 3.8) is 0 Å². The Morgan fingerprint density at radius 1 is 0.610 bits per heavy atom. The highest BCUT2D eigenvalue weighted by Crippen LogP contribution is 2.05. The standard InChI is InChI=1S/C30H40N4O7/c35-20-19-31-11-13-32(21-28(36)37)15-16-34(23-30(39)41-25-27-9-5-2-6-10-27)18-17-33(14-12-31)22-29(38)40-24-26-7-3-1-4-8-26/h1-10,20H,11-19,21-25H2,(H,36,37). The van der Waals surface area contributed by atoms with Gasteiger partial charge in [-0.25, -0.2) is 0 Å². The third kappa shape index (κ3) is 13.0. The molecule has 0 radical (unpaired) electrons. The number of carbonyl (C=O) groups excluding carboxylic acids is 3. The van der Waals surface area contributed by atoms with Gasteiger partial charge in [0, 0.05) is 52.4 Å². The first-order valence-electron chi connectivity index (χ1n) is 13.8. The lowest BCUT2D eigenvalue weighted by Crippen LogP contribution is -2.48. The maximum Gasteiger partial charge on any atom is 0.320 e. The topological polar surface area (TPSA) is 120 Å². The second kappa shape index (κ2) is 17.9. The Labute approximate surface area is 241 Å². The zero-order valence-electron chi connectivity index (χ0n) is 23.4. The molecule has 1 N–H and O–H groups in total. The van der Waals surface area contributed by atoms with Crippen LogP contribution in [0.15, 0.2) is 60.7 Å². The lowest BCUT2D eigenvalue weighted by atomic mass is 10.2. The number of aliphatic carboxylic acids is 1. The summed E-state index contributed by atoms with van der Waals surface area (Å²) in [6, 6.07) is 18.9. The maximum atomic E-state index is 12.7. The molecule has 2 aromatic carbocycles. The molecule has 1 heterocycles. The van der Waals surface area contributed by atoms with Crippen molar-refractivity contribution in [2.24, 2.45) is 0 Å². The van der Waals surface area contributed by atoms with Gasteiger partial charge >= 0.3 is 17.9 Å². The molecule has 0 unspecified atom stereocenters. The van der Waals surface area contributed by atoms with Crippen LogP contribution in [-0.2, 0) is 41.9 Å². The van der Waals surface area contributed by atoms with Gasteiger partial charge in [0.05, 0.1) is 26.2 Å². The molecule has 0 saturated carbocycles. The Hall–Kier alpha value is -3.64. The molecule has 1 fully saturated rings. The average molecular weight is 569 g/mol. The molecule has 0 atom stereocenters. The van der Waals surface area contributed by atoms with E-state index in [0.29, 0.717) is 52.4 Å². The fourth-order valence-corrected chi connectivity index (χ4v) is 4.46. The zero-order chi connectivity index (χ0) is 29.3. The molecule has 0 aliphatic carbocycles. The number of aldehydes is 1. The fourth-order valence-electron chi connectivity index (χ4n) is 4.46.